The van der Waals surface area contributed by atoms with E-state index in [9.17, 15) is 4.79 Å². The molecule has 6 aromatic rings. The highest BCUT2D eigenvalue weighted by Gasteiger charge is 2.17. The molecule has 0 saturated heterocycles. The number of nitrogens with zero attached hydrogens (tertiary/aromatic N) is 5. The lowest BCUT2D eigenvalue weighted by Gasteiger charge is -2.14. The smallest absolute Gasteiger partial charge is 0.282 e. The fourth-order valence-electron chi connectivity index (χ4n) is 4.85. The largest absolute Gasteiger partial charge is 0.453 e. The first-order valence-corrected chi connectivity index (χ1v) is 12.9. The summed E-state index contributed by atoms with van der Waals surface area (Å²) in [5.41, 5.74) is 6.09. The summed E-state index contributed by atoms with van der Waals surface area (Å²) in [6.07, 6.45) is 1.70. The van der Waals surface area contributed by atoms with Gasteiger partial charge in [-0.2, -0.15) is 9.78 Å². The molecule has 0 radical (unpaired) electrons. The summed E-state index contributed by atoms with van der Waals surface area (Å²) < 4.78 is 9.55. The van der Waals surface area contributed by atoms with Gasteiger partial charge >= 0.3 is 0 Å². The van der Waals surface area contributed by atoms with Crippen LogP contribution in [-0.2, 0) is 0 Å². The van der Waals surface area contributed by atoms with Gasteiger partial charge in [-0.1, -0.05) is 23.7 Å². The summed E-state index contributed by atoms with van der Waals surface area (Å²) in [4.78, 5) is 20.5. The maximum Gasteiger partial charge on any atom is 0.282 e. The number of aromatic nitrogens is 3. The maximum absolute atomic E-state index is 13.6. The van der Waals surface area contributed by atoms with Crippen LogP contribution in [-0.4, -0.2) is 34.5 Å². The van der Waals surface area contributed by atoms with Crippen molar-refractivity contribution in [3.8, 4) is 17.3 Å². The predicted molar refractivity (Wildman–Crippen MR) is 159 cm³/mol. The Bertz CT molecular complexity index is 1940. The number of halogens is 1. The zero-order valence-electron chi connectivity index (χ0n) is 22.0. The van der Waals surface area contributed by atoms with Crippen LogP contribution < -0.4 is 10.5 Å². The molecule has 39 heavy (non-hydrogen) atoms. The van der Waals surface area contributed by atoms with Crippen LogP contribution in [0.3, 0.4) is 0 Å². The first-order valence-electron chi connectivity index (χ1n) is 12.5. The summed E-state index contributed by atoms with van der Waals surface area (Å²) in [7, 11) is 4.04. The van der Waals surface area contributed by atoms with Crippen LogP contribution in [0, 0.1) is 13.8 Å². The van der Waals surface area contributed by atoms with Gasteiger partial charge in [0.15, 0.2) is 5.76 Å². The van der Waals surface area contributed by atoms with E-state index in [4.69, 9.17) is 21.0 Å². The molecule has 0 N–H and O–H groups in total. The minimum atomic E-state index is -0.279. The standard InChI is InChI=1S/C31H26ClN5O2/c1-19-15-22(20(2)36(19)25-12-10-24(11-13-25)35(3)4)18-33-37-30(34-27-8-6-5-7-26(27)31(37)38)29-17-21-16-23(32)9-14-28(21)39-29/h5-18H,1-4H3. The lowest BCUT2D eigenvalue weighted by Crippen LogP contribution is -2.20. The van der Waals surface area contributed by atoms with Crippen molar-refractivity contribution >= 4 is 45.4 Å². The van der Waals surface area contributed by atoms with E-state index in [1.165, 1.54) is 4.68 Å². The zero-order valence-corrected chi connectivity index (χ0v) is 22.8. The van der Waals surface area contributed by atoms with E-state index in [1.807, 2.05) is 51.4 Å². The molecule has 8 heteroatoms. The molecule has 6 rings (SSSR count). The Labute approximate surface area is 230 Å². The molecule has 3 aromatic carbocycles. The third kappa shape index (κ3) is 4.41. The third-order valence-corrected chi connectivity index (χ3v) is 7.09. The van der Waals surface area contributed by atoms with Crippen LogP contribution in [0.1, 0.15) is 17.0 Å². The highest BCUT2D eigenvalue weighted by molar-refractivity contribution is 6.31. The number of furan rings is 1. The molecule has 0 unspecified atom stereocenters. The summed E-state index contributed by atoms with van der Waals surface area (Å²) in [5, 5.41) is 6.54. The number of fused-ring (bicyclic) bond motifs is 2. The fraction of sp³-hybridized carbons (Fsp3) is 0.129. The Balaban J connectivity index is 1.47. The minimum absolute atomic E-state index is 0.279. The van der Waals surface area contributed by atoms with E-state index in [-0.39, 0.29) is 5.56 Å². The second-order valence-electron chi connectivity index (χ2n) is 9.68. The van der Waals surface area contributed by atoms with Crippen LogP contribution in [0.4, 0.5) is 5.69 Å². The highest BCUT2D eigenvalue weighted by Crippen LogP contribution is 2.29. The molecule has 0 atom stereocenters. The fourth-order valence-corrected chi connectivity index (χ4v) is 5.03. The lowest BCUT2D eigenvalue weighted by atomic mass is 10.2. The molecule has 0 fully saturated rings. The number of para-hydroxylation sites is 1. The van der Waals surface area contributed by atoms with Crippen molar-refractivity contribution < 1.29 is 4.42 Å². The van der Waals surface area contributed by atoms with Crippen molar-refractivity contribution in [1.29, 1.82) is 0 Å². The van der Waals surface area contributed by atoms with E-state index >= 15 is 0 Å². The van der Waals surface area contributed by atoms with Crippen LogP contribution in [0.5, 0.6) is 0 Å². The van der Waals surface area contributed by atoms with E-state index in [0.717, 1.165) is 33.7 Å². The molecule has 0 saturated carbocycles. The molecule has 0 aliphatic carbocycles. The van der Waals surface area contributed by atoms with Crippen molar-refractivity contribution in [3.05, 3.63) is 111 Å². The monoisotopic (exact) mass is 535 g/mol. The Hall–Kier alpha value is -4.62. The summed E-state index contributed by atoms with van der Waals surface area (Å²) >= 11 is 6.18. The van der Waals surface area contributed by atoms with Gasteiger partial charge in [-0.3, -0.25) is 4.79 Å². The van der Waals surface area contributed by atoms with Crippen LogP contribution in [0.15, 0.2) is 93.2 Å². The normalized spacial score (nSPS) is 11.7. The Morgan fingerprint density at radius 3 is 2.51 bits per heavy atom. The molecule has 0 amide bonds. The van der Waals surface area contributed by atoms with Gasteiger partial charge in [0, 0.05) is 52.8 Å². The molecular weight excluding hydrogens is 510 g/mol. The second-order valence-corrected chi connectivity index (χ2v) is 10.1. The number of hydrogen-bond donors (Lipinski definition) is 0. The van der Waals surface area contributed by atoms with Gasteiger partial charge in [0.1, 0.15) is 5.58 Å². The number of benzene rings is 3. The van der Waals surface area contributed by atoms with Gasteiger partial charge in [-0.05, 0) is 80.6 Å². The lowest BCUT2D eigenvalue weighted by molar-refractivity contribution is 0.616. The van der Waals surface area contributed by atoms with Gasteiger partial charge in [0.25, 0.3) is 5.56 Å². The van der Waals surface area contributed by atoms with Gasteiger partial charge in [-0.15, -0.1) is 0 Å². The predicted octanol–water partition coefficient (Wildman–Crippen LogP) is 6.82. The number of aryl methyl sites for hydroxylation is 1. The molecule has 194 valence electrons. The van der Waals surface area contributed by atoms with Crippen molar-refractivity contribution in [1.82, 2.24) is 14.2 Å². The van der Waals surface area contributed by atoms with Crippen molar-refractivity contribution in [2.75, 3.05) is 19.0 Å². The molecule has 0 aliphatic heterocycles. The quantitative estimate of drug-likeness (QED) is 0.227. The molecule has 0 aliphatic rings. The molecule has 3 heterocycles. The van der Waals surface area contributed by atoms with E-state index in [2.05, 4.69) is 51.8 Å². The van der Waals surface area contributed by atoms with Crippen molar-refractivity contribution in [3.63, 3.8) is 0 Å². The SMILES string of the molecule is Cc1cc(C=Nn2c(-c3cc4cc(Cl)ccc4o3)nc3ccccc3c2=O)c(C)n1-c1ccc(N(C)C)cc1. The van der Waals surface area contributed by atoms with E-state index in [1.54, 1.807) is 24.4 Å². The average molecular weight is 536 g/mol. The second kappa shape index (κ2) is 9.60. The number of hydrogen-bond acceptors (Lipinski definition) is 5. The maximum atomic E-state index is 13.6. The molecule has 0 bridgehead atoms. The first-order chi connectivity index (χ1) is 18.8. The minimum Gasteiger partial charge on any atom is -0.453 e. The van der Waals surface area contributed by atoms with E-state index in [0.29, 0.717) is 33.1 Å². The van der Waals surface area contributed by atoms with Crippen molar-refractivity contribution in [2.24, 2.45) is 5.10 Å². The molecule has 3 aromatic heterocycles. The Morgan fingerprint density at radius 1 is 0.974 bits per heavy atom. The van der Waals surface area contributed by atoms with Crippen LogP contribution >= 0.6 is 11.6 Å². The Morgan fingerprint density at radius 2 is 1.74 bits per heavy atom. The number of rotatable bonds is 5. The third-order valence-electron chi connectivity index (χ3n) is 6.86. The zero-order chi connectivity index (χ0) is 27.3. The molecular formula is C31H26ClN5O2. The first kappa shape index (κ1) is 24.7. The number of anilines is 1. The molecule has 7 nitrogen and oxygen atoms in total. The van der Waals surface area contributed by atoms with Crippen LogP contribution in [0.2, 0.25) is 5.02 Å². The van der Waals surface area contributed by atoms with Gasteiger partial charge in [-0.25, -0.2) is 4.98 Å². The van der Waals surface area contributed by atoms with Gasteiger partial charge in [0.2, 0.25) is 5.82 Å². The van der Waals surface area contributed by atoms with Gasteiger partial charge < -0.3 is 13.9 Å². The summed E-state index contributed by atoms with van der Waals surface area (Å²) in [6.45, 7) is 4.10. The highest BCUT2D eigenvalue weighted by atomic mass is 35.5. The topological polar surface area (TPSA) is 68.6 Å². The average Bonchev–Trinajstić information content (AvgIpc) is 3.47. The Kier molecular flexibility index (Phi) is 6.08. The molecule has 0 spiro atoms. The van der Waals surface area contributed by atoms with E-state index < -0.39 is 0 Å². The summed E-state index contributed by atoms with van der Waals surface area (Å²) in [6, 6.07) is 24.9. The van der Waals surface area contributed by atoms with Gasteiger partial charge in [0.05, 0.1) is 17.1 Å². The summed E-state index contributed by atoms with van der Waals surface area (Å²) in [5.74, 6) is 0.745. The van der Waals surface area contributed by atoms with Crippen LogP contribution in [0.25, 0.3) is 39.1 Å². The van der Waals surface area contributed by atoms with Crippen molar-refractivity contribution in [2.45, 2.75) is 13.8 Å².